The highest BCUT2D eigenvalue weighted by molar-refractivity contribution is 6.03. The first-order valence-electron chi connectivity index (χ1n) is 5.09. The van der Waals surface area contributed by atoms with E-state index >= 15 is 0 Å². The van der Waals surface area contributed by atoms with Gasteiger partial charge in [-0.1, -0.05) is 6.07 Å². The lowest BCUT2D eigenvalue weighted by Crippen LogP contribution is -2.16. The summed E-state index contributed by atoms with van der Waals surface area (Å²) in [5.74, 6) is -0.529. The summed E-state index contributed by atoms with van der Waals surface area (Å²) in [6.07, 6.45) is 0. The summed E-state index contributed by atoms with van der Waals surface area (Å²) in [5.41, 5.74) is 5.54. The zero-order chi connectivity index (χ0) is 12.4. The van der Waals surface area contributed by atoms with E-state index in [4.69, 9.17) is 10.5 Å². The van der Waals surface area contributed by atoms with Crippen LogP contribution in [0.2, 0.25) is 0 Å². The third kappa shape index (κ3) is 1.96. The number of rotatable bonds is 2. The van der Waals surface area contributed by atoms with Gasteiger partial charge in [0.05, 0.1) is 23.1 Å². The predicted molar refractivity (Wildman–Crippen MR) is 62.7 cm³/mol. The van der Waals surface area contributed by atoms with Gasteiger partial charge < -0.3 is 10.5 Å². The number of ether oxygens (including phenoxy) is 1. The van der Waals surface area contributed by atoms with E-state index in [1.54, 1.807) is 19.1 Å². The zero-order valence-electron chi connectivity index (χ0n) is 9.19. The number of anilines is 1. The molecule has 6 nitrogen and oxygen atoms in total. The van der Waals surface area contributed by atoms with Gasteiger partial charge in [0, 0.05) is 0 Å². The number of hydrogen-bond acceptors (Lipinski definition) is 5. The van der Waals surface area contributed by atoms with Crippen LogP contribution in [0.5, 0.6) is 0 Å². The summed E-state index contributed by atoms with van der Waals surface area (Å²) < 4.78 is 4.87. The molecule has 17 heavy (non-hydrogen) atoms. The molecular weight excluding hydrogens is 222 g/mol. The summed E-state index contributed by atoms with van der Waals surface area (Å²) in [7, 11) is 0. The Bertz CT molecular complexity index is 633. The van der Waals surface area contributed by atoms with E-state index in [-0.39, 0.29) is 23.5 Å². The number of carbonyl (C=O) groups is 1. The maximum atomic E-state index is 11.7. The topological polar surface area (TPSA) is 98.1 Å². The van der Waals surface area contributed by atoms with Gasteiger partial charge in [-0.05, 0) is 19.1 Å². The Hall–Kier alpha value is -2.37. The molecule has 88 valence electrons. The summed E-state index contributed by atoms with van der Waals surface area (Å²) >= 11 is 0. The molecule has 6 heteroatoms. The summed E-state index contributed by atoms with van der Waals surface area (Å²) in [4.78, 5) is 29.7. The van der Waals surface area contributed by atoms with Crippen LogP contribution in [0.15, 0.2) is 23.0 Å². The van der Waals surface area contributed by atoms with Crippen LogP contribution in [0.4, 0.5) is 5.95 Å². The highest BCUT2D eigenvalue weighted by atomic mass is 16.5. The molecule has 0 amide bonds. The van der Waals surface area contributed by atoms with Crippen molar-refractivity contribution < 1.29 is 9.53 Å². The summed E-state index contributed by atoms with van der Waals surface area (Å²) in [5, 5.41) is 0.195. The lowest BCUT2D eigenvalue weighted by molar-refractivity contribution is 0.0528. The molecule has 0 aliphatic carbocycles. The van der Waals surface area contributed by atoms with Gasteiger partial charge in [0.2, 0.25) is 5.95 Å². The first-order chi connectivity index (χ1) is 8.13. The summed E-state index contributed by atoms with van der Waals surface area (Å²) in [6.45, 7) is 1.94. The van der Waals surface area contributed by atoms with E-state index in [1.807, 2.05) is 0 Å². The zero-order valence-corrected chi connectivity index (χ0v) is 9.19. The second-order valence-electron chi connectivity index (χ2n) is 3.37. The number of aromatic amines is 1. The second kappa shape index (κ2) is 4.25. The van der Waals surface area contributed by atoms with Crippen molar-refractivity contribution >= 4 is 22.8 Å². The molecule has 1 heterocycles. The predicted octanol–water partition coefficient (Wildman–Crippen LogP) is 0.682. The van der Waals surface area contributed by atoms with Crippen molar-refractivity contribution in [3.63, 3.8) is 0 Å². The number of nitrogen functional groups attached to an aromatic ring is 1. The normalized spacial score (nSPS) is 10.4. The number of fused-ring (bicyclic) bond motifs is 1. The molecule has 0 fully saturated rings. The van der Waals surface area contributed by atoms with Crippen molar-refractivity contribution in [3.05, 3.63) is 34.1 Å². The van der Waals surface area contributed by atoms with E-state index in [0.717, 1.165) is 0 Å². The third-order valence-corrected chi connectivity index (χ3v) is 2.25. The number of esters is 1. The number of nitrogens with two attached hydrogens (primary N) is 1. The standard InChI is InChI=1S/C11H11N3O3/c1-2-17-10(16)6-4-3-5-7-8(6)9(15)14-11(12)13-7/h3-5H,2H2,1H3,(H3,12,13,14,15). The van der Waals surface area contributed by atoms with E-state index in [1.165, 1.54) is 6.07 Å². The van der Waals surface area contributed by atoms with Crippen molar-refractivity contribution in [2.24, 2.45) is 0 Å². The van der Waals surface area contributed by atoms with Gasteiger partial charge >= 0.3 is 5.97 Å². The highest BCUT2D eigenvalue weighted by Gasteiger charge is 2.14. The average molecular weight is 233 g/mol. The van der Waals surface area contributed by atoms with Crippen molar-refractivity contribution in [2.45, 2.75) is 6.92 Å². The molecule has 3 N–H and O–H groups in total. The fourth-order valence-corrected chi connectivity index (χ4v) is 1.59. The van der Waals surface area contributed by atoms with Gasteiger partial charge in [0.15, 0.2) is 0 Å². The van der Waals surface area contributed by atoms with Crippen molar-refractivity contribution in [1.82, 2.24) is 9.97 Å². The van der Waals surface area contributed by atoms with Crippen LogP contribution in [0.25, 0.3) is 10.9 Å². The van der Waals surface area contributed by atoms with Crippen molar-refractivity contribution in [3.8, 4) is 0 Å². The van der Waals surface area contributed by atoms with Gasteiger partial charge in [-0.15, -0.1) is 0 Å². The number of nitrogens with one attached hydrogen (secondary N) is 1. The fraction of sp³-hybridized carbons (Fsp3) is 0.182. The molecule has 1 aromatic heterocycles. The molecule has 0 spiro atoms. The Morgan fingerprint density at radius 3 is 3.00 bits per heavy atom. The lowest BCUT2D eigenvalue weighted by atomic mass is 10.1. The van der Waals surface area contributed by atoms with Crippen molar-refractivity contribution in [2.75, 3.05) is 12.3 Å². The molecule has 0 aliphatic heterocycles. The SMILES string of the molecule is CCOC(=O)c1cccc2nc(N)[nH]c(=O)c12. The van der Waals surface area contributed by atoms with E-state index in [2.05, 4.69) is 9.97 Å². The maximum Gasteiger partial charge on any atom is 0.339 e. The maximum absolute atomic E-state index is 11.7. The molecule has 1 aromatic carbocycles. The minimum absolute atomic E-state index is 0.0171. The Kier molecular flexibility index (Phi) is 2.78. The summed E-state index contributed by atoms with van der Waals surface area (Å²) in [6, 6.07) is 4.76. The molecule has 0 bridgehead atoms. The van der Waals surface area contributed by atoms with Crippen LogP contribution in [-0.2, 0) is 4.74 Å². The molecule has 2 aromatic rings. The highest BCUT2D eigenvalue weighted by Crippen LogP contribution is 2.14. The Labute approximate surface area is 96.4 Å². The Morgan fingerprint density at radius 1 is 1.53 bits per heavy atom. The monoisotopic (exact) mass is 233 g/mol. The van der Waals surface area contributed by atoms with Crippen LogP contribution >= 0.6 is 0 Å². The number of aromatic nitrogens is 2. The van der Waals surface area contributed by atoms with E-state index in [9.17, 15) is 9.59 Å². The van der Waals surface area contributed by atoms with E-state index < -0.39 is 11.5 Å². The third-order valence-electron chi connectivity index (χ3n) is 2.25. The molecule has 0 radical (unpaired) electrons. The molecular formula is C11H11N3O3. The first-order valence-corrected chi connectivity index (χ1v) is 5.09. The molecule has 0 atom stereocenters. The molecule has 2 rings (SSSR count). The van der Waals surface area contributed by atoms with Crippen molar-refractivity contribution in [1.29, 1.82) is 0 Å². The number of nitrogens with zero attached hydrogens (tertiary/aromatic N) is 1. The van der Waals surface area contributed by atoms with Crippen LogP contribution in [0.1, 0.15) is 17.3 Å². The van der Waals surface area contributed by atoms with E-state index in [0.29, 0.717) is 5.52 Å². The van der Waals surface area contributed by atoms with Gasteiger partial charge in [-0.2, -0.15) is 0 Å². The molecule has 0 aliphatic rings. The van der Waals surface area contributed by atoms with Gasteiger partial charge in [0.25, 0.3) is 5.56 Å². The second-order valence-corrected chi connectivity index (χ2v) is 3.37. The first kappa shape index (κ1) is 11.1. The Morgan fingerprint density at radius 2 is 2.29 bits per heavy atom. The van der Waals surface area contributed by atoms with Crippen LogP contribution in [-0.4, -0.2) is 22.5 Å². The van der Waals surface area contributed by atoms with Gasteiger partial charge in [-0.3, -0.25) is 9.78 Å². The Balaban J connectivity index is 2.73. The number of hydrogen-bond donors (Lipinski definition) is 2. The van der Waals surface area contributed by atoms with Crippen LogP contribution in [0.3, 0.4) is 0 Å². The number of H-pyrrole nitrogens is 1. The molecule has 0 saturated heterocycles. The average Bonchev–Trinajstić information content (AvgIpc) is 2.28. The number of benzene rings is 1. The molecule has 0 unspecified atom stereocenters. The minimum Gasteiger partial charge on any atom is -0.462 e. The largest absolute Gasteiger partial charge is 0.462 e. The van der Waals surface area contributed by atoms with Crippen LogP contribution < -0.4 is 11.3 Å². The molecule has 0 saturated carbocycles. The number of carbonyl (C=O) groups excluding carboxylic acids is 1. The van der Waals surface area contributed by atoms with Gasteiger partial charge in [-0.25, -0.2) is 9.78 Å². The fourth-order valence-electron chi connectivity index (χ4n) is 1.59. The quantitative estimate of drug-likeness (QED) is 0.743. The smallest absolute Gasteiger partial charge is 0.339 e. The lowest BCUT2D eigenvalue weighted by Gasteiger charge is -2.05. The van der Waals surface area contributed by atoms with Gasteiger partial charge in [0.1, 0.15) is 0 Å². The van der Waals surface area contributed by atoms with Crippen LogP contribution in [0, 0.1) is 0 Å². The minimum atomic E-state index is -0.546.